The maximum Gasteiger partial charge on any atom is 0.307 e. The zero-order chi connectivity index (χ0) is 29.2. The average Bonchev–Trinajstić information content (AvgIpc) is 2.88. The van der Waals surface area contributed by atoms with Crippen molar-refractivity contribution < 1.29 is 14.7 Å². The van der Waals surface area contributed by atoms with E-state index < -0.39 is 11.9 Å². The van der Waals surface area contributed by atoms with Gasteiger partial charge in [-0.15, -0.1) is 0 Å². The molecule has 0 amide bonds. The Labute approximate surface area is 245 Å². The van der Waals surface area contributed by atoms with Crippen molar-refractivity contribution >= 4 is 23.5 Å². The minimum Gasteiger partial charge on any atom is -0.481 e. The van der Waals surface area contributed by atoms with Gasteiger partial charge in [-0.1, -0.05) is 75.7 Å². The highest BCUT2D eigenvalue weighted by Crippen LogP contribution is 2.66. The number of carbonyl (C=O) groups excluding carboxylic acids is 1. The lowest BCUT2D eigenvalue weighted by Gasteiger charge is -2.65. The maximum absolute atomic E-state index is 12.1. The zero-order valence-corrected chi connectivity index (χ0v) is 27.8. The number of carboxylic acid groups (broad SMARTS) is 1. The number of ketones is 1. The Hall–Kier alpha value is -0.510. The molecule has 39 heavy (non-hydrogen) atoms. The molecular formula is C35H62O3S. The molecule has 0 saturated heterocycles. The fourth-order valence-corrected chi connectivity index (χ4v) is 11.0. The van der Waals surface area contributed by atoms with Gasteiger partial charge in [0.25, 0.3) is 0 Å². The van der Waals surface area contributed by atoms with Gasteiger partial charge in [0.1, 0.15) is 5.78 Å². The lowest BCUT2D eigenvalue weighted by molar-refractivity contribution is -0.162. The fraction of sp³-hybridized carbons (Fsp3) is 0.943. The molecule has 3 rings (SSSR count). The van der Waals surface area contributed by atoms with Gasteiger partial charge in [0, 0.05) is 18.6 Å². The Balaban J connectivity index is 2.02. The number of hydrogen-bond donors (Lipinski definition) is 1. The van der Waals surface area contributed by atoms with Gasteiger partial charge in [-0.2, -0.15) is 11.8 Å². The van der Waals surface area contributed by atoms with Crippen LogP contribution in [0.2, 0.25) is 0 Å². The van der Waals surface area contributed by atoms with Crippen LogP contribution < -0.4 is 0 Å². The molecule has 0 aliphatic heterocycles. The van der Waals surface area contributed by atoms with Crippen molar-refractivity contribution in [2.24, 2.45) is 88.8 Å². The second kappa shape index (κ2) is 14.1. The van der Waals surface area contributed by atoms with E-state index in [0.29, 0.717) is 35.8 Å². The summed E-state index contributed by atoms with van der Waals surface area (Å²) in [7, 11) is 0. The number of carboxylic acids is 1. The molecule has 0 aromatic carbocycles. The van der Waals surface area contributed by atoms with E-state index in [1.165, 1.54) is 25.7 Å². The molecule has 3 aliphatic carbocycles. The number of Topliss-reactive ketones (excluding diaryl/α,β-unsaturated/α-hetero) is 1. The monoisotopic (exact) mass is 562 g/mol. The third kappa shape index (κ3) is 7.11. The molecule has 0 aromatic rings. The first-order chi connectivity index (χ1) is 18.3. The van der Waals surface area contributed by atoms with Crippen LogP contribution in [0.15, 0.2) is 0 Å². The molecule has 1 N–H and O–H groups in total. The summed E-state index contributed by atoms with van der Waals surface area (Å²) in [6.45, 7) is 24.1. The van der Waals surface area contributed by atoms with Crippen LogP contribution in [0.4, 0.5) is 0 Å². The van der Waals surface area contributed by atoms with Gasteiger partial charge >= 0.3 is 5.97 Å². The molecule has 226 valence electrons. The van der Waals surface area contributed by atoms with Gasteiger partial charge in [0.05, 0.1) is 5.92 Å². The number of carbonyl (C=O) groups is 2. The smallest absolute Gasteiger partial charge is 0.307 e. The van der Waals surface area contributed by atoms with Crippen LogP contribution in [0.3, 0.4) is 0 Å². The maximum atomic E-state index is 12.1. The van der Waals surface area contributed by atoms with Gasteiger partial charge in [-0.25, -0.2) is 0 Å². The number of hydrogen-bond acceptors (Lipinski definition) is 3. The third-order valence-electron chi connectivity index (χ3n) is 12.5. The summed E-state index contributed by atoms with van der Waals surface area (Å²) in [4.78, 5) is 24.2. The summed E-state index contributed by atoms with van der Waals surface area (Å²) in [5, 5.41) is 9.90. The molecular weight excluding hydrogens is 500 g/mol. The van der Waals surface area contributed by atoms with Gasteiger partial charge in [-0.3, -0.25) is 9.59 Å². The van der Waals surface area contributed by atoms with Crippen molar-refractivity contribution in [2.45, 2.75) is 108 Å². The standard InChI is InChI=1S/C35H62O3S/c1-11-24-14-27(21(7)8)31-16-30(24)33-28(22(9)19(3)4)15-29(23(10)20(5)6)34(31)32(33)18-39-17-25(35(37)38)13-26(36)12-2/h19-25,27-34H,11-18H2,1-10H3,(H,37,38). The van der Waals surface area contributed by atoms with E-state index in [1.807, 2.05) is 18.7 Å². The summed E-state index contributed by atoms with van der Waals surface area (Å²) in [5.41, 5.74) is 0. The van der Waals surface area contributed by atoms with E-state index >= 15 is 0 Å². The van der Waals surface area contributed by atoms with E-state index in [0.717, 1.165) is 64.9 Å². The first-order valence-corrected chi connectivity index (χ1v) is 17.8. The predicted octanol–water partition coefficient (Wildman–Crippen LogP) is 9.20. The molecule has 12 atom stereocenters. The topological polar surface area (TPSA) is 54.4 Å². The Morgan fingerprint density at radius 2 is 1.36 bits per heavy atom. The molecule has 12 unspecified atom stereocenters. The fourth-order valence-electron chi connectivity index (χ4n) is 9.65. The minimum atomic E-state index is -0.798. The van der Waals surface area contributed by atoms with Crippen molar-refractivity contribution in [3.05, 3.63) is 0 Å². The van der Waals surface area contributed by atoms with E-state index in [1.54, 1.807) is 0 Å². The first kappa shape index (κ1) is 33.0. The normalized spacial score (nSPS) is 36.7. The highest BCUT2D eigenvalue weighted by Gasteiger charge is 2.60. The molecule has 0 heterocycles. The molecule has 0 radical (unpaired) electrons. The molecule has 3 nitrogen and oxygen atoms in total. The largest absolute Gasteiger partial charge is 0.481 e. The Morgan fingerprint density at radius 1 is 0.795 bits per heavy atom. The van der Waals surface area contributed by atoms with Crippen LogP contribution in [0, 0.1) is 88.8 Å². The van der Waals surface area contributed by atoms with Gasteiger partial charge in [0.15, 0.2) is 0 Å². The molecule has 3 saturated carbocycles. The van der Waals surface area contributed by atoms with Crippen molar-refractivity contribution in [3.63, 3.8) is 0 Å². The van der Waals surface area contributed by atoms with Crippen LogP contribution in [0.5, 0.6) is 0 Å². The summed E-state index contributed by atoms with van der Waals surface area (Å²) < 4.78 is 0. The van der Waals surface area contributed by atoms with Crippen molar-refractivity contribution in [1.29, 1.82) is 0 Å². The van der Waals surface area contributed by atoms with Crippen LogP contribution in [-0.4, -0.2) is 28.4 Å². The van der Waals surface area contributed by atoms with Crippen LogP contribution in [0.25, 0.3) is 0 Å². The summed E-state index contributed by atoms with van der Waals surface area (Å²) in [6, 6.07) is 0. The number of aliphatic carboxylic acids is 1. The zero-order valence-electron chi connectivity index (χ0n) is 27.0. The Morgan fingerprint density at radius 3 is 1.82 bits per heavy atom. The van der Waals surface area contributed by atoms with Crippen molar-refractivity contribution in [2.75, 3.05) is 11.5 Å². The summed E-state index contributed by atoms with van der Waals surface area (Å²) in [6.07, 6.45) is 6.17. The van der Waals surface area contributed by atoms with E-state index in [9.17, 15) is 14.7 Å². The molecule has 4 bridgehead atoms. The predicted molar refractivity (Wildman–Crippen MR) is 167 cm³/mol. The lowest BCUT2D eigenvalue weighted by atomic mass is 9.40. The van der Waals surface area contributed by atoms with Crippen molar-refractivity contribution in [3.8, 4) is 0 Å². The summed E-state index contributed by atoms with van der Waals surface area (Å²) in [5.74, 6) is 11.0. The van der Waals surface area contributed by atoms with Gasteiger partial charge < -0.3 is 5.11 Å². The third-order valence-corrected chi connectivity index (χ3v) is 13.7. The van der Waals surface area contributed by atoms with Gasteiger partial charge in [-0.05, 0) is 108 Å². The summed E-state index contributed by atoms with van der Waals surface area (Å²) >= 11 is 1.87. The van der Waals surface area contributed by atoms with Crippen molar-refractivity contribution in [1.82, 2.24) is 0 Å². The van der Waals surface area contributed by atoms with Crippen LogP contribution in [-0.2, 0) is 9.59 Å². The number of thioether (sulfide) groups is 1. The van der Waals surface area contributed by atoms with Gasteiger partial charge in [0.2, 0.25) is 0 Å². The molecule has 3 aliphatic rings. The highest BCUT2D eigenvalue weighted by atomic mass is 32.2. The molecule has 3 fully saturated rings. The first-order valence-electron chi connectivity index (χ1n) is 16.7. The van der Waals surface area contributed by atoms with Crippen LogP contribution >= 0.6 is 11.8 Å². The van der Waals surface area contributed by atoms with E-state index in [4.69, 9.17) is 0 Å². The number of fused-ring (bicyclic) bond motifs is 6. The average molecular weight is 563 g/mol. The van der Waals surface area contributed by atoms with E-state index in [-0.39, 0.29) is 12.2 Å². The molecule has 4 heteroatoms. The quantitative estimate of drug-likeness (QED) is 0.229. The Kier molecular flexibility index (Phi) is 11.9. The van der Waals surface area contributed by atoms with E-state index in [2.05, 4.69) is 62.3 Å². The lowest BCUT2D eigenvalue weighted by Crippen LogP contribution is -2.60. The highest BCUT2D eigenvalue weighted by molar-refractivity contribution is 7.99. The molecule has 0 aromatic heterocycles. The van der Waals surface area contributed by atoms with Crippen LogP contribution in [0.1, 0.15) is 108 Å². The minimum absolute atomic E-state index is 0.0780. The SMILES string of the molecule is CCC(=O)CC(CSCC1C2C3CC(C(C(C)C)CC3CC)C1C(C(C)C(C)C)CC2C(C)C(C)C)C(=O)O. The Bertz CT molecular complexity index is 806. The second-order valence-electron chi connectivity index (χ2n) is 15.1. The molecule has 0 spiro atoms. The second-order valence-corrected chi connectivity index (χ2v) is 16.2. The number of rotatable bonds is 14.